The van der Waals surface area contributed by atoms with Crippen LogP contribution in [0.3, 0.4) is 0 Å². The molecule has 0 spiro atoms. The smallest absolute Gasteiger partial charge is 0.121 e. The van der Waals surface area contributed by atoms with Crippen LogP contribution in [0.2, 0.25) is 0 Å². The van der Waals surface area contributed by atoms with Crippen molar-refractivity contribution in [2.45, 2.75) is 33.2 Å². The zero-order chi connectivity index (χ0) is 11.1. The van der Waals surface area contributed by atoms with E-state index < -0.39 is 0 Å². The molecule has 3 heteroatoms. The van der Waals surface area contributed by atoms with Crippen LogP contribution >= 0.6 is 0 Å². The molecule has 84 valence electrons. The zero-order valence-corrected chi connectivity index (χ0v) is 9.65. The summed E-state index contributed by atoms with van der Waals surface area (Å²) in [6, 6.07) is 5.74. The highest BCUT2D eigenvalue weighted by Crippen LogP contribution is 2.13. The monoisotopic (exact) mass is 208 g/mol. The Morgan fingerprint density at radius 2 is 1.87 bits per heavy atom. The summed E-state index contributed by atoms with van der Waals surface area (Å²) in [6.45, 7) is 5.98. The highest BCUT2D eigenvalue weighted by atomic mass is 16.5. The van der Waals surface area contributed by atoms with Gasteiger partial charge < -0.3 is 9.85 Å². The number of hydroxylamine groups is 3. The number of quaternary nitrogens is 1. The van der Waals surface area contributed by atoms with Crippen molar-refractivity contribution in [2.24, 2.45) is 0 Å². The van der Waals surface area contributed by atoms with Crippen LogP contribution in [0.25, 0.3) is 0 Å². The fraction of sp³-hybridized carbons (Fsp3) is 0.583. The van der Waals surface area contributed by atoms with Crippen molar-refractivity contribution >= 4 is 0 Å². The van der Waals surface area contributed by atoms with Crippen LogP contribution in [0.1, 0.15) is 32.4 Å². The first kappa shape index (κ1) is 12.1. The summed E-state index contributed by atoms with van der Waals surface area (Å²) in [5.74, 6) is 0. The minimum Gasteiger partial charge on any atom is -0.633 e. The number of hydrogen-bond donors (Lipinski definition) is 0. The first-order valence-electron chi connectivity index (χ1n) is 5.67. The minimum absolute atomic E-state index is 0.135. The van der Waals surface area contributed by atoms with Crippen LogP contribution in [0.4, 0.5) is 0 Å². The molecule has 0 amide bonds. The van der Waals surface area contributed by atoms with Crippen LogP contribution in [0.15, 0.2) is 24.4 Å². The standard InChI is InChI=1S/C12H20N2O/c1-3-9-14(15,10-4-2)11-12-7-5-6-8-13-12/h5-8H,3-4,9-11H2,1-2H3. The molecule has 0 atom stereocenters. The molecule has 0 N–H and O–H groups in total. The van der Waals surface area contributed by atoms with E-state index >= 15 is 0 Å². The SMILES string of the molecule is CCC[N+]([O-])(CCC)Cc1ccccn1. The third-order valence-electron chi connectivity index (χ3n) is 2.44. The van der Waals surface area contributed by atoms with E-state index in [0.717, 1.165) is 18.5 Å². The number of pyridine rings is 1. The van der Waals surface area contributed by atoms with Gasteiger partial charge in [-0.3, -0.25) is 4.98 Å². The van der Waals surface area contributed by atoms with Crippen LogP contribution in [0, 0.1) is 5.21 Å². The summed E-state index contributed by atoms with van der Waals surface area (Å²) >= 11 is 0. The van der Waals surface area contributed by atoms with Crippen molar-refractivity contribution in [3.05, 3.63) is 35.3 Å². The minimum atomic E-state index is -0.135. The van der Waals surface area contributed by atoms with Gasteiger partial charge in [0.25, 0.3) is 0 Å². The van der Waals surface area contributed by atoms with Gasteiger partial charge in [-0.25, -0.2) is 0 Å². The van der Waals surface area contributed by atoms with Gasteiger partial charge in [0, 0.05) is 6.20 Å². The molecule has 0 aliphatic carbocycles. The van der Waals surface area contributed by atoms with Gasteiger partial charge in [0.2, 0.25) is 0 Å². The summed E-state index contributed by atoms with van der Waals surface area (Å²) in [6.07, 6.45) is 3.60. The van der Waals surface area contributed by atoms with Crippen LogP contribution in [0.5, 0.6) is 0 Å². The lowest BCUT2D eigenvalue weighted by atomic mass is 10.3. The first-order valence-corrected chi connectivity index (χ1v) is 5.67. The van der Waals surface area contributed by atoms with Gasteiger partial charge in [-0.1, -0.05) is 19.9 Å². The third-order valence-corrected chi connectivity index (χ3v) is 2.44. The lowest BCUT2D eigenvalue weighted by Crippen LogP contribution is -2.42. The van der Waals surface area contributed by atoms with Gasteiger partial charge in [-0.05, 0) is 25.0 Å². The molecule has 0 unspecified atom stereocenters. The van der Waals surface area contributed by atoms with E-state index in [1.807, 2.05) is 18.2 Å². The zero-order valence-electron chi connectivity index (χ0n) is 9.65. The second-order valence-electron chi connectivity index (χ2n) is 3.98. The fourth-order valence-corrected chi connectivity index (χ4v) is 1.87. The molecule has 1 heterocycles. The van der Waals surface area contributed by atoms with Crippen LogP contribution in [-0.2, 0) is 6.54 Å². The number of hydrogen-bond acceptors (Lipinski definition) is 2. The highest BCUT2D eigenvalue weighted by molar-refractivity contribution is 5.01. The molecule has 15 heavy (non-hydrogen) atoms. The molecule has 0 bridgehead atoms. The predicted molar refractivity (Wildman–Crippen MR) is 61.9 cm³/mol. The molecule has 0 saturated carbocycles. The second-order valence-corrected chi connectivity index (χ2v) is 3.98. The quantitative estimate of drug-likeness (QED) is 0.532. The Morgan fingerprint density at radius 3 is 2.33 bits per heavy atom. The van der Waals surface area contributed by atoms with Crippen molar-refractivity contribution < 1.29 is 4.65 Å². The molecule has 1 aromatic heterocycles. The Kier molecular flexibility index (Phi) is 4.72. The lowest BCUT2D eigenvalue weighted by Gasteiger charge is -2.42. The molecule has 0 fully saturated rings. The Hall–Kier alpha value is -0.930. The summed E-state index contributed by atoms with van der Waals surface area (Å²) < 4.78 is -0.135. The van der Waals surface area contributed by atoms with Crippen molar-refractivity contribution in [1.29, 1.82) is 0 Å². The van der Waals surface area contributed by atoms with Crippen molar-refractivity contribution in [3.63, 3.8) is 0 Å². The molecule has 1 rings (SSSR count). The van der Waals surface area contributed by atoms with Crippen LogP contribution < -0.4 is 0 Å². The van der Waals surface area contributed by atoms with E-state index in [1.54, 1.807) is 6.20 Å². The highest BCUT2D eigenvalue weighted by Gasteiger charge is 2.15. The van der Waals surface area contributed by atoms with Crippen LogP contribution in [-0.4, -0.2) is 22.7 Å². The molecule has 1 aromatic rings. The van der Waals surface area contributed by atoms with Gasteiger partial charge in [0.05, 0.1) is 18.8 Å². The normalized spacial score (nSPS) is 11.7. The molecule has 0 radical (unpaired) electrons. The molecule has 0 aromatic carbocycles. The topological polar surface area (TPSA) is 36.0 Å². The average Bonchev–Trinajstić information content (AvgIpc) is 2.19. The van der Waals surface area contributed by atoms with Gasteiger partial charge in [-0.2, -0.15) is 0 Å². The Morgan fingerprint density at radius 1 is 1.20 bits per heavy atom. The van der Waals surface area contributed by atoms with E-state index in [4.69, 9.17) is 0 Å². The van der Waals surface area contributed by atoms with Crippen molar-refractivity contribution in [2.75, 3.05) is 13.1 Å². The van der Waals surface area contributed by atoms with Crippen molar-refractivity contribution in [1.82, 2.24) is 4.98 Å². The van der Waals surface area contributed by atoms with Gasteiger partial charge in [0.1, 0.15) is 6.54 Å². The van der Waals surface area contributed by atoms with E-state index in [2.05, 4.69) is 18.8 Å². The Labute approximate surface area is 91.9 Å². The van der Waals surface area contributed by atoms with E-state index in [-0.39, 0.29) is 4.65 Å². The predicted octanol–water partition coefficient (Wildman–Crippen LogP) is 2.72. The molecule has 3 nitrogen and oxygen atoms in total. The molecular weight excluding hydrogens is 188 g/mol. The number of nitrogens with zero attached hydrogens (tertiary/aromatic N) is 2. The summed E-state index contributed by atoms with van der Waals surface area (Å²) in [5, 5.41) is 12.4. The van der Waals surface area contributed by atoms with Crippen molar-refractivity contribution in [3.8, 4) is 0 Å². The fourth-order valence-electron chi connectivity index (χ4n) is 1.87. The van der Waals surface area contributed by atoms with E-state index in [1.165, 1.54) is 0 Å². The average molecular weight is 208 g/mol. The Bertz CT molecular complexity index is 268. The lowest BCUT2D eigenvalue weighted by molar-refractivity contribution is -0.894. The molecule has 0 aliphatic rings. The molecular formula is C12H20N2O. The Balaban J connectivity index is 2.66. The molecule has 0 aliphatic heterocycles. The number of aromatic nitrogens is 1. The molecule has 0 saturated heterocycles. The summed E-state index contributed by atoms with van der Waals surface area (Å²) in [7, 11) is 0. The van der Waals surface area contributed by atoms with E-state index in [9.17, 15) is 5.21 Å². The number of rotatable bonds is 6. The summed E-state index contributed by atoms with van der Waals surface area (Å²) in [4.78, 5) is 4.21. The largest absolute Gasteiger partial charge is 0.633 e. The summed E-state index contributed by atoms with van der Waals surface area (Å²) in [5.41, 5.74) is 0.898. The second kappa shape index (κ2) is 5.83. The maximum absolute atomic E-state index is 12.4. The third kappa shape index (κ3) is 3.98. The van der Waals surface area contributed by atoms with Gasteiger partial charge in [0.15, 0.2) is 0 Å². The van der Waals surface area contributed by atoms with Gasteiger partial charge >= 0.3 is 0 Å². The first-order chi connectivity index (χ1) is 7.20. The maximum Gasteiger partial charge on any atom is 0.121 e. The van der Waals surface area contributed by atoms with E-state index in [0.29, 0.717) is 19.6 Å². The maximum atomic E-state index is 12.4. The van der Waals surface area contributed by atoms with Gasteiger partial charge in [-0.15, -0.1) is 0 Å².